The third-order valence-corrected chi connectivity index (χ3v) is 7.95. The van der Waals surface area contributed by atoms with Gasteiger partial charge in [-0.2, -0.15) is 10.4 Å². The summed E-state index contributed by atoms with van der Waals surface area (Å²) in [5, 5.41) is 13.8. The van der Waals surface area contributed by atoms with Crippen molar-refractivity contribution >= 4 is 16.9 Å². The number of benzene rings is 1. The van der Waals surface area contributed by atoms with E-state index in [-0.39, 0.29) is 12.1 Å². The second-order valence-electron chi connectivity index (χ2n) is 9.84. The quantitative estimate of drug-likeness (QED) is 0.647. The molecule has 0 saturated carbocycles. The van der Waals surface area contributed by atoms with Gasteiger partial charge in [0.15, 0.2) is 0 Å². The number of anilines is 2. The van der Waals surface area contributed by atoms with Gasteiger partial charge in [0.1, 0.15) is 11.8 Å². The van der Waals surface area contributed by atoms with Gasteiger partial charge in [0.25, 0.3) is 0 Å². The van der Waals surface area contributed by atoms with Gasteiger partial charge in [-0.25, -0.2) is 4.52 Å². The summed E-state index contributed by atoms with van der Waals surface area (Å²) in [6.07, 6.45) is 2.80. The Balaban J connectivity index is 1.28. The maximum atomic E-state index is 9.44. The molecule has 2 N–H and O–H groups in total. The van der Waals surface area contributed by atoms with E-state index in [0.29, 0.717) is 17.8 Å². The molecular weight excluding hydrogens is 426 g/mol. The average Bonchev–Trinajstić information content (AvgIpc) is 3.49. The Bertz CT molecular complexity index is 1260. The monoisotopic (exact) mass is 457 g/mol. The second kappa shape index (κ2) is 8.27. The second-order valence-corrected chi connectivity index (χ2v) is 9.84. The zero-order valence-electron chi connectivity index (χ0n) is 19.8. The zero-order chi connectivity index (χ0) is 23.4. The first kappa shape index (κ1) is 21.4. The molecule has 2 aromatic heterocycles. The van der Waals surface area contributed by atoms with Crippen LogP contribution in [0.25, 0.3) is 5.52 Å². The maximum Gasteiger partial charge on any atom is 0.142 e. The van der Waals surface area contributed by atoms with Crippen molar-refractivity contribution in [3.8, 4) is 6.07 Å². The average molecular weight is 458 g/mol. The third kappa shape index (κ3) is 3.35. The molecule has 3 unspecified atom stereocenters. The van der Waals surface area contributed by atoms with Crippen LogP contribution < -0.4 is 15.5 Å². The number of hydrogen-bond donors (Lipinski definition) is 1. The lowest BCUT2D eigenvalue weighted by atomic mass is 9.98. The summed E-state index contributed by atoms with van der Waals surface area (Å²) < 4.78 is 7.38. The van der Waals surface area contributed by atoms with Crippen molar-refractivity contribution in [2.75, 3.05) is 43.1 Å². The number of nitrogens with two attached hydrogens (primary N) is 1. The van der Waals surface area contributed by atoms with Gasteiger partial charge in [0.05, 0.1) is 29.5 Å². The zero-order valence-corrected chi connectivity index (χ0v) is 19.8. The van der Waals surface area contributed by atoms with Gasteiger partial charge in [0, 0.05) is 57.6 Å². The summed E-state index contributed by atoms with van der Waals surface area (Å²) in [7, 11) is 1.76. The molecule has 0 bridgehead atoms. The summed E-state index contributed by atoms with van der Waals surface area (Å²) in [6.45, 7) is 6.99. The maximum absolute atomic E-state index is 9.44. The molecule has 5 heterocycles. The van der Waals surface area contributed by atoms with E-state index in [0.717, 1.165) is 50.3 Å². The van der Waals surface area contributed by atoms with Gasteiger partial charge in [0.2, 0.25) is 0 Å². The minimum atomic E-state index is 0.0784. The van der Waals surface area contributed by atoms with Crippen molar-refractivity contribution in [3.63, 3.8) is 0 Å². The fourth-order valence-corrected chi connectivity index (χ4v) is 6.08. The van der Waals surface area contributed by atoms with Crippen LogP contribution in [-0.4, -0.2) is 66.0 Å². The molecule has 3 aromatic rings. The van der Waals surface area contributed by atoms with Crippen LogP contribution in [0.15, 0.2) is 42.6 Å². The molecule has 0 aliphatic carbocycles. The Morgan fingerprint density at radius 1 is 1.12 bits per heavy atom. The van der Waals surface area contributed by atoms with Crippen molar-refractivity contribution in [2.24, 2.45) is 5.73 Å². The molecule has 8 nitrogen and oxygen atoms in total. The fraction of sp³-hybridized carbons (Fsp3) is 0.462. The van der Waals surface area contributed by atoms with Gasteiger partial charge < -0.3 is 20.3 Å². The third-order valence-electron chi connectivity index (χ3n) is 7.95. The number of fused-ring (bicyclic) bond motifs is 4. The lowest BCUT2D eigenvalue weighted by Gasteiger charge is -2.43. The topological polar surface area (TPSA) is 86.1 Å². The first-order valence-electron chi connectivity index (χ1n) is 12.1. The minimum Gasteiger partial charge on any atom is -0.378 e. The number of piperazine rings is 1. The van der Waals surface area contributed by atoms with Crippen LogP contribution in [0.3, 0.4) is 0 Å². The molecule has 0 amide bonds. The SMILES string of the molecule is COC1CN(c2ccc3c(c2)CN2C(C)CN(c4ccc(C#N)n5nccc45)CC32)CC[C@H]1N. The van der Waals surface area contributed by atoms with Crippen LogP contribution >= 0.6 is 0 Å². The van der Waals surface area contributed by atoms with E-state index in [1.54, 1.807) is 17.8 Å². The lowest BCUT2D eigenvalue weighted by molar-refractivity contribution is 0.0730. The number of ether oxygens (including phenoxy) is 1. The van der Waals surface area contributed by atoms with E-state index in [4.69, 9.17) is 10.5 Å². The predicted molar refractivity (Wildman–Crippen MR) is 132 cm³/mol. The fourth-order valence-electron chi connectivity index (χ4n) is 6.08. The molecule has 1 aromatic carbocycles. The van der Waals surface area contributed by atoms with Crippen molar-refractivity contribution in [1.29, 1.82) is 5.26 Å². The molecule has 176 valence electrons. The number of methoxy groups -OCH3 is 1. The van der Waals surface area contributed by atoms with E-state index in [9.17, 15) is 5.26 Å². The van der Waals surface area contributed by atoms with Gasteiger partial charge in [-0.15, -0.1) is 0 Å². The number of nitriles is 1. The summed E-state index contributed by atoms with van der Waals surface area (Å²) in [4.78, 5) is 7.51. The molecule has 6 rings (SSSR count). The minimum absolute atomic E-state index is 0.0784. The van der Waals surface area contributed by atoms with Crippen molar-refractivity contribution < 1.29 is 4.74 Å². The Morgan fingerprint density at radius 2 is 2.00 bits per heavy atom. The number of pyridine rings is 1. The highest BCUT2D eigenvalue weighted by molar-refractivity contribution is 5.74. The summed E-state index contributed by atoms with van der Waals surface area (Å²) in [6, 6.07) is 16.0. The molecule has 8 heteroatoms. The van der Waals surface area contributed by atoms with Gasteiger partial charge >= 0.3 is 0 Å². The van der Waals surface area contributed by atoms with Gasteiger partial charge in [-0.05, 0) is 54.8 Å². The van der Waals surface area contributed by atoms with E-state index in [2.05, 4.69) is 57.1 Å². The normalized spacial score (nSPS) is 27.0. The molecule has 2 saturated heterocycles. The van der Waals surface area contributed by atoms with Crippen LogP contribution in [-0.2, 0) is 11.3 Å². The molecule has 34 heavy (non-hydrogen) atoms. The molecule has 4 atom stereocenters. The Kier molecular flexibility index (Phi) is 5.21. The summed E-state index contributed by atoms with van der Waals surface area (Å²) in [5.41, 5.74) is 13.0. The summed E-state index contributed by atoms with van der Waals surface area (Å²) in [5.74, 6) is 0. The van der Waals surface area contributed by atoms with Crippen molar-refractivity contribution in [3.05, 3.63) is 59.4 Å². The molecule has 3 aliphatic heterocycles. The lowest BCUT2D eigenvalue weighted by Crippen LogP contribution is -2.51. The van der Waals surface area contributed by atoms with E-state index in [1.807, 2.05) is 12.1 Å². The molecule has 3 aliphatic rings. The highest BCUT2D eigenvalue weighted by Crippen LogP contribution is 2.42. The van der Waals surface area contributed by atoms with Crippen LogP contribution in [0.4, 0.5) is 11.4 Å². The predicted octanol–water partition coefficient (Wildman–Crippen LogP) is 2.52. The summed E-state index contributed by atoms with van der Waals surface area (Å²) >= 11 is 0. The smallest absolute Gasteiger partial charge is 0.142 e. The van der Waals surface area contributed by atoms with Crippen LogP contribution in [0.2, 0.25) is 0 Å². The Hall–Kier alpha value is -3.12. The Labute approximate surface area is 200 Å². The highest BCUT2D eigenvalue weighted by Gasteiger charge is 2.39. The number of rotatable bonds is 3. The van der Waals surface area contributed by atoms with Gasteiger partial charge in [-0.3, -0.25) is 4.90 Å². The number of aromatic nitrogens is 2. The van der Waals surface area contributed by atoms with Crippen LogP contribution in [0, 0.1) is 11.3 Å². The first-order valence-corrected chi connectivity index (χ1v) is 12.1. The highest BCUT2D eigenvalue weighted by atomic mass is 16.5. The van der Waals surface area contributed by atoms with E-state index < -0.39 is 0 Å². The van der Waals surface area contributed by atoms with E-state index in [1.165, 1.54) is 16.8 Å². The number of piperidine rings is 1. The van der Waals surface area contributed by atoms with Crippen LogP contribution in [0.5, 0.6) is 0 Å². The largest absolute Gasteiger partial charge is 0.378 e. The number of hydrogen-bond acceptors (Lipinski definition) is 7. The standard InChI is InChI=1S/C26H31N7O/c1-17-13-31(23-6-4-20(12-27)33-24(23)7-9-29-33)15-25-21-5-3-19(11-18(21)14-32(17)25)30-10-8-22(28)26(16-30)34-2/h3-7,9,11,17,22,25-26H,8,10,13-16,28H2,1-2H3/t17?,22-,25?,26?/m1/s1. The van der Waals surface area contributed by atoms with Crippen LogP contribution in [0.1, 0.15) is 36.2 Å². The first-order chi connectivity index (χ1) is 16.6. The molecule has 0 radical (unpaired) electrons. The van der Waals surface area contributed by atoms with Gasteiger partial charge in [-0.1, -0.05) is 6.07 Å². The molecular formula is C26H31N7O. The van der Waals surface area contributed by atoms with Crippen molar-refractivity contribution in [1.82, 2.24) is 14.5 Å². The van der Waals surface area contributed by atoms with E-state index >= 15 is 0 Å². The van der Waals surface area contributed by atoms with Crippen molar-refractivity contribution in [2.45, 2.75) is 44.1 Å². The number of nitrogens with zero attached hydrogens (tertiary/aromatic N) is 6. The Morgan fingerprint density at radius 3 is 2.82 bits per heavy atom. The molecule has 2 fully saturated rings. The molecule has 0 spiro atoms.